The predicted molar refractivity (Wildman–Crippen MR) is 106 cm³/mol. The van der Waals surface area contributed by atoms with Gasteiger partial charge >= 0.3 is 0 Å². The summed E-state index contributed by atoms with van der Waals surface area (Å²) in [5.41, 5.74) is 2.48. The van der Waals surface area contributed by atoms with Crippen molar-refractivity contribution in [1.82, 2.24) is 15.2 Å². The second kappa shape index (κ2) is 8.63. The molecule has 2 aromatic rings. The first-order chi connectivity index (χ1) is 12.2. The summed E-state index contributed by atoms with van der Waals surface area (Å²) in [6.45, 7) is 9.96. The zero-order chi connectivity index (χ0) is 17.6. The van der Waals surface area contributed by atoms with E-state index in [1.54, 1.807) is 11.3 Å². The minimum atomic E-state index is 0.169. The van der Waals surface area contributed by atoms with E-state index < -0.39 is 0 Å². The molecule has 0 radical (unpaired) electrons. The molecule has 3 rings (SSSR count). The Bertz CT molecular complexity index is 707. The van der Waals surface area contributed by atoms with Crippen LogP contribution in [0.4, 0.5) is 5.13 Å². The number of nitrogens with zero attached hydrogens (tertiary/aromatic N) is 3. The number of aryl methyl sites for hydroxylation is 1. The number of aromatic nitrogens is 1. The lowest BCUT2D eigenvalue weighted by Gasteiger charge is -2.34. The molecule has 1 saturated heterocycles. The molecule has 0 unspecified atom stereocenters. The molecule has 1 N–H and O–H groups in total. The van der Waals surface area contributed by atoms with Gasteiger partial charge in [-0.15, -0.1) is 0 Å². The van der Waals surface area contributed by atoms with Crippen LogP contribution in [0.2, 0.25) is 0 Å². The van der Waals surface area contributed by atoms with Crippen LogP contribution in [0.5, 0.6) is 0 Å². The minimum absolute atomic E-state index is 0.169. The summed E-state index contributed by atoms with van der Waals surface area (Å²) >= 11 is 1.80. The van der Waals surface area contributed by atoms with Crippen LogP contribution in [0.15, 0.2) is 18.2 Å². The molecule has 6 heteroatoms. The topological polar surface area (TPSA) is 48.5 Å². The third-order valence-electron chi connectivity index (χ3n) is 4.72. The van der Waals surface area contributed by atoms with E-state index in [1.807, 2.05) is 6.92 Å². The molecule has 5 nitrogen and oxygen atoms in total. The standard InChI is InChI=1S/C19H28N4OS/c1-3-5-18(24)20-8-9-22-10-12-23(13-11-22)19-21-16-7-6-15(4-2)14-17(16)25-19/h6-7,14H,3-5,8-13H2,1-2H3,(H,20,24). The van der Waals surface area contributed by atoms with Gasteiger partial charge in [0.1, 0.15) is 0 Å². The van der Waals surface area contributed by atoms with Crippen LogP contribution in [-0.4, -0.2) is 55.1 Å². The Morgan fingerprint density at radius 2 is 2.04 bits per heavy atom. The highest BCUT2D eigenvalue weighted by molar-refractivity contribution is 7.22. The van der Waals surface area contributed by atoms with Crippen molar-refractivity contribution in [3.05, 3.63) is 23.8 Å². The van der Waals surface area contributed by atoms with Gasteiger partial charge < -0.3 is 10.2 Å². The van der Waals surface area contributed by atoms with Gasteiger partial charge in [-0.2, -0.15) is 0 Å². The average Bonchev–Trinajstić information content (AvgIpc) is 3.05. The summed E-state index contributed by atoms with van der Waals surface area (Å²) in [5, 5.41) is 4.14. The van der Waals surface area contributed by atoms with Crippen molar-refractivity contribution in [1.29, 1.82) is 0 Å². The number of anilines is 1. The Balaban J connectivity index is 1.49. The number of hydrogen-bond acceptors (Lipinski definition) is 5. The maximum atomic E-state index is 11.5. The Morgan fingerprint density at radius 1 is 1.24 bits per heavy atom. The fourth-order valence-corrected chi connectivity index (χ4v) is 4.22. The van der Waals surface area contributed by atoms with Gasteiger partial charge in [0.25, 0.3) is 0 Å². The number of nitrogens with one attached hydrogen (secondary N) is 1. The third-order valence-corrected chi connectivity index (χ3v) is 5.80. The van der Waals surface area contributed by atoms with Gasteiger partial charge in [-0.3, -0.25) is 9.69 Å². The lowest BCUT2D eigenvalue weighted by Crippen LogP contribution is -2.48. The molecular formula is C19H28N4OS. The fraction of sp³-hybridized carbons (Fsp3) is 0.579. The van der Waals surface area contributed by atoms with E-state index in [0.29, 0.717) is 6.42 Å². The van der Waals surface area contributed by atoms with Gasteiger partial charge in [0.15, 0.2) is 5.13 Å². The lowest BCUT2D eigenvalue weighted by atomic mass is 10.2. The molecule has 0 bridgehead atoms. The van der Waals surface area contributed by atoms with Crippen molar-refractivity contribution in [2.45, 2.75) is 33.1 Å². The summed E-state index contributed by atoms with van der Waals surface area (Å²) in [7, 11) is 0. The number of carbonyl (C=O) groups excluding carboxylic acids is 1. The van der Waals surface area contributed by atoms with E-state index in [4.69, 9.17) is 4.98 Å². The van der Waals surface area contributed by atoms with Gasteiger partial charge in [0.2, 0.25) is 5.91 Å². The van der Waals surface area contributed by atoms with Gasteiger partial charge in [0.05, 0.1) is 10.2 Å². The van der Waals surface area contributed by atoms with Crippen LogP contribution in [0, 0.1) is 0 Å². The number of benzene rings is 1. The number of piperazine rings is 1. The smallest absolute Gasteiger partial charge is 0.220 e. The molecule has 0 spiro atoms. The zero-order valence-electron chi connectivity index (χ0n) is 15.3. The number of rotatable bonds is 7. The molecule has 2 heterocycles. The Kier molecular flexibility index (Phi) is 6.26. The average molecular weight is 361 g/mol. The number of carbonyl (C=O) groups is 1. The van der Waals surface area contributed by atoms with Crippen LogP contribution >= 0.6 is 11.3 Å². The fourth-order valence-electron chi connectivity index (χ4n) is 3.14. The number of hydrogen-bond donors (Lipinski definition) is 1. The SMILES string of the molecule is CCCC(=O)NCCN1CCN(c2nc3ccc(CC)cc3s2)CC1. The monoisotopic (exact) mass is 360 g/mol. The number of thiazole rings is 1. The van der Waals surface area contributed by atoms with E-state index in [2.05, 4.69) is 40.2 Å². The first-order valence-corrected chi connectivity index (χ1v) is 10.1. The maximum absolute atomic E-state index is 11.5. The zero-order valence-corrected chi connectivity index (χ0v) is 16.1. The van der Waals surface area contributed by atoms with Gasteiger partial charge in [0, 0.05) is 45.7 Å². The molecule has 1 aromatic carbocycles. The second-order valence-corrected chi connectivity index (χ2v) is 7.59. The Morgan fingerprint density at radius 3 is 2.76 bits per heavy atom. The Labute approximate surface area is 154 Å². The normalized spacial score (nSPS) is 15.7. The summed E-state index contributed by atoms with van der Waals surface area (Å²) in [6.07, 6.45) is 2.61. The molecule has 0 saturated carbocycles. The number of amides is 1. The van der Waals surface area contributed by atoms with E-state index in [-0.39, 0.29) is 5.91 Å². The van der Waals surface area contributed by atoms with Crippen molar-refractivity contribution in [3.63, 3.8) is 0 Å². The highest BCUT2D eigenvalue weighted by Gasteiger charge is 2.19. The first kappa shape index (κ1) is 18.1. The highest BCUT2D eigenvalue weighted by Crippen LogP contribution is 2.30. The van der Waals surface area contributed by atoms with Crippen molar-refractivity contribution >= 4 is 32.6 Å². The molecule has 0 aliphatic carbocycles. The van der Waals surface area contributed by atoms with Crippen molar-refractivity contribution in [2.75, 3.05) is 44.2 Å². The quantitative estimate of drug-likeness (QED) is 0.825. The molecule has 136 valence electrons. The summed E-state index contributed by atoms with van der Waals surface area (Å²) in [6, 6.07) is 6.59. The van der Waals surface area contributed by atoms with Gasteiger partial charge in [-0.25, -0.2) is 4.98 Å². The molecule has 1 aromatic heterocycles. The van der Waals surface area contributed by atoms with Crippen molar-refractivity contribution in [3.8, 4) is 0 Å². The molecule has 1 aliphatic heterocycles. The van der Waals surface area contributed by atoms with E-state index in [9.17, 15) is 4.79 Å². The summed E-state index contributed by atoms with van der Waals surface area (Å²) in [4.78, 5) is 21.1. The molecular weight excluding hydrogens is 332 g/mol. The van der Waals surface area contributed by atoms with E-state index >= 15 is 0 Å². The Hall–Kier alpha value is -1.66. The molecule has 25 heavy (non-hydrogen) atoms. The summed E-state index contributed by atoms with van der Waals surface area (Å²) in [5.74, 6) is 0.169. The second-order valence-electron chi connectivity index (χ2n) is 6.58. The molecule has 0 atom stereocenters. The minimum Gasteiger partial charge on any atom is -0.355 e. The van der Waals surface area contributed by atoms with Crippen LogP contribution in [0.25, 0.3) is 10.2 Å². The molecule has 1 amide bonds. The van der Waals surface area contributed by atoms with Gasteiger partial charge in [-0.1, -0.05) is 31.3 Å². The first-order valence-electron chi connectivity index (χ1n) is 9.33. The van der Waals surface area contributed by atoms with Crippen molar-refractivity contribution < 1.29 is 4.79 Å². The highest BCUT2D eigenvalue weighted by atomic mass is 32.1. The van der Waals surface area contributed by atoms with E-state index in [1.165, 1.54) is 10.3 Å². The van der Waals surface area contributed by atoms with Crippen LogP contribution in [-0.2, 0) is 11.2 Å². The predicted octanol–water partition coefficient (Wildman–Crippen LogP) is 2.90. The molecule has 1 fully saturated rings. The summed E-state index contributed by atoms with van der Waals surface area (Å²) < 4.78 is 1.29. The van der Waals surface area contributed by atoms with E-state index in [0.717, 1.165) is 62.8 Å². The lowest BCUT2D eigenvalue weighted by molar-refractivity contribution is -0.121. The number of fused-ring (bicyclic) bond motifs is 1. The maximum Gasteiger partial charge on any atom is 0.220 e. The molecule has 1 aliphatic rings. The van der Waals surface area contributed by atoms with Crippen LogP contribution in [0.1, 0.15) is 32.3 Å². The largest absolute Gasteiger partial charge is 0.355 e. The van der Waals surface area contributed by atoms with Gasteiger partial charge in [-0.05, 0) is 30.5 Å². The van der Waals surface area contributed by atoms with Crippen molar-refractivity contribution in [2.24, 2.45) is 0 Å². The van der Waals surface area contributed by atoms with Crippen LogP contribution < -0.4 is 10.2 Å². The van der Waals surface area contributed by atoms with Crippen LogP contribution in [0.3, 0.4) is 0 Å². The third kappa shape index (κ3) is 4.70.